The van der Waals surface area contributed by atoms with Crippen molar-refractivity contribution in [3.8, 4) is 22.3 Å². The maximum Gasteiger partial charge on any atom is 0.494 e. The smallest absolute Gasteiger partial charge is 0.399 e. The van der Waals surface area contributed by atoms with Gasteiger partial charge in [-0.1, -0.05) is 72.8 Å². The van der Waals surface area contributed by atoms with Crippen LogP contribution in [0.3, 0.4) is 0 Å². The van der Waals surface area contributed by atoms with Crippen molar-refractivity contribution in [2.45, 2.75) is 38.9 Å². The summed E-state index contributed by atoms with van der Waals surface area (Å²) in [6, 6.07) is 27.5. The van der Waals surface area contributed by atoms with Crippen LogP contribution in [0.5, 0.6) is 0 Å². The lowest BCUT2D eigenvalue weighted by molar-refractivity contribution is 0.00578. The Balaban J connectivity index is 1.82. The van der Waals surface area contributed by atoms with Crippen molar-refractivity contribution in [2.24, 2.45) is 0 Å². The fraction of sp³-hybridized carbons (Fsp3) is 0.250. The summed E-state index contributed by atoms with van der Waals surface area (Å²) >= 11 is 0. The first kappa shape index (κ1) is 18.0. The molecule has 0 saturated carbocycles. The first-order valence-corrected chi connectivity index (χ1v) is 9.47. The van der Waals surface area contributed by atoms with Crippen LogP contribution in [-0.2, 0) is 9.31 Å². The Kier molecular flexibility index (Phi) is 4.45. The predicted octanol–water partition coefficient (Wildman–Crippen LogP) is 5.32. The molecule has 0 atom stereocenters. The van der Waals surface area contributed by atoms with E-state index in [0.717, 1.165) is 5.46 Å². The SMILES string of the molecule is CC1(C)OB(c2cc(-c3ccccc3)cc(-c3ccccc3)c2)OC1(C)C. The lowest BCUT2D eigenvalue weighted by Crippen LogP contribution is -2.41. The van der Waals surface area contributed by atoms with Crippen LogP contribution in [0.15, 0.2) is 78.9 Å². The van der Waals surface area contributed by atoms with Crippen LogP contribution < -0.4 is 5.46 Å². The summed E-state index contributed by atoms with van der Waals surface area (Å²) < 4.78 is 12.6. The average molecular weight is 356 g/mol. The van der Waals surface area contributed by atoms with Crippen molar-refractivity contribution < 1.29 is 9.31 Å². The van der Waals surface area contributed by atoms with Gasteiger partial charge in [-0.3, -0.25) is 0 Å². The Labute approximate surface area is 162 Å². The molecule has 2 nitrogen and oxygen atoms in total. The van der Waals surface area contributed by atoms with E-state index in [2.05, 4.69) is 94.4 Å². The largest absolute Gasteiger partial charge is 0.494 e. The lowest BCUT2D eigenvalue weighted by atomic mass is 9.76. The Bertz CT molecular complexity index is 859. The van der Waals surface area contributed by atoms with E-state index in [-0.39, 0.29) is 18.3 Å². The minimum absolute atomic E-state index is 0.354. The van der Waals surface area contributed by atoms with E-state index in [9.17, 15) is 0 Å². The molecule has 1 aliphatic heterocycles. The minimum Gasteiger partial charge on any atom is -0.399 e. The third-order valence-electron chi connectivity index (χ3n) is 5.69. The number of benzene rings is 3. The van der Waals surface area contributed by atoms with Crippen LogP contribution in [0, 0.1) is 0 Å². The first-order chi connectivity index (χ1) is 12.9. The molecule has 0 amide bonds. The number of rotatable bonds is 3. The van der Waals surface area contributed by atoms with E-state index in [1.807, 2.05) is 12.1 Å². The van der Waals surface area contributed by atoms with Crippen molar-refractivity contribution in [1.82, 2.24) is 0 Å². The van der Waals surface area contributed by atoms with E-state index in [1.165, 1.54) is 22.3 Å². The zero-order chi connectivity index (χ0) is 19.1. The minimum atomic E-state index is -0.374. The van der Waals surface area contributed by atoms with Gasteiger partial charge in [-0.25, -0.2) is 0 Å². The summed E-state index contributed by atoms with van der Waals surface area (Å²) in [4.78, 5) is 0. The van der Waals surface area contributed by atoms with Gasteiger partial charge in [0.15, 0.2) is 0 Å². The molecule has 3 heteroatoms. The summed E-state index contributed by atoms with van der Waals surface area (Å²) in [6.07, 6.45) is 0. The average Bonchev–Trinajstić information content (AvgIpc) is 2.90. The normalized spacial score (nSPS) is 17.9. The fourth-order valence-electron chi connectivity index (χ4n) is 3.36. The Morgan fingerprint density at radius 1 is 0.556 bits per heavy atom. The summed E-state index contributed by atoms with van der Waals surface area (Å²) in [7, 11) is -0.374. The van der Waals surface area contributed by atoms with Gasteiger partial charge in [-0.2, -0.15) is 0 Å². The van der Waals surface area contributed by atoms with Crippen LogP contribution in [-0.4, -0.2) is 18.3 Å². The van der Waals surface area contributed by atoms with Crippen molar-refractivity contribution in [1.29, 1.82) is 0 Å². The molecule has 3 aromatic rings. The molecule has 136 valence electrons. The zero-order valence-corrected chi connectivity index (χ0v) is 16.4. The van der Waals surface area contributed by atoms with E-state index in [0.29, 0.717) is 0 Å². The molecular weight excluding hydrogens is 331 g/mol. The maximum absolute atomic E-state index is 6.31. The molecule has 4 rings (SSSR count). The molecule has 1 fully saturated rings. The number of hydrogen-bond acceptors (Lipinski definition) is 2. The van der Waals surface area contributed by atoms with Gasteiger partial charge in [-0.15, -0.1) is 0 Å². The van der Waals surface area contributed by atoms with Crippen molar-refractivity contribution >= 4 is 12.6 Å². The standard InChI is InChI=1S/C24H25BO2/c1-23(2)24(3,4)27-25(26-23)22-16-20(18-11-7-5-8-12-18)15-21(17-22)19-13-9-6-10-14-19/h5-17H,1-4H3. The van der Waals surface area contributed by atoms with E-state index >= 15 is 0 Å². The van der Waals surface area contributed by atoms with Gasteiger partial charge >= 0.3 is 7.12 Å². The van der Waals surface area contributed by atoms with E-state index in [4.69, 9.17) is 9.31 Å². The second kappa shape index (κ2) is 6.67. The van der Waals surface area contributed by atoms with Gasteiger partial charge in [0.25, 0.3) is 0 Å². The van der Waals surface area contributed by atoms with Crippen LogP contribution in [0.25, 0.3) is 22.3 Å². The Hall–Kier alpha value is -2.36. The van der Waals surface area contributed by atoms with Crippen LogP contribution in [0.2, 0.25) is 0 Å². The van der Waals surface area contributed by atoms with Gasteiger partial charge in [0.1, 0.15) is 0 Å². The maximum atomic E-state index is 6.31. The third-order valence-corrected chi connectivity index (χ3v) is 5.69. The monoisotopic (exact) mass is 356 g/mol. The second-order valence-electron chi connectivity index (χ2n) is 8.16. The summed E-state index contributed by atoms with van der Waals surface area (Å²) in [5.41, 5.74) is 5.05. The molecule has 27 heavy (non-hydrogen) atoms. The molecule has 1 heterocycles. The molecule has 0 aromatic heterocycles. The van der Waals surface area contributed by atoms with Crippen LogP contribution in [0.4, 0.5) is 0 Å². The van der Waals surface area contributed by atoms with Crippen molar-refractivity contribution in [2.75, 3.05) is 0 Å². The number of hydrogen-bond donors (Lipinski definition) is 0. The highest BCUT2D eigenvalue weighted by Crippen LogP contribution is 2.37. The highest BCUT2D eigenvalue weighted by Gasteiger charge is 2.51. The summed E-state index contributed by atoms with van der Waals surface area (Å²) in [5.74, 6) is 0. The van der Waals surface area contributed by atoms with Gasteiger partial charge in [-0.05, 0) is 61.5 Å². The van der Waals surface area contributed by atoms with E-state index in [1.54, 1.807) is 0 Å². The van der Waals surface area contributed by atoms with Gasteiger partial charge in [0, 0.05) is 0 Å². The molecule has 0 spiro atoms. The van der Waals surface area contributed by atoms with Crippen molar-refractivity contribution in [3.63, 3.8) is 0 Å². The van der Waals surface area contributed by atoms with Gasteiger partial charge < -0.3 is 9.31 Å². The quantitative estimate of drug-likeness (QED) is 0.592. The highest BCUT2D eigenvalue weighted by atomic mass is 16.7. The topological polar surface area (TPSA) is 18.5 Å². The molecule has 0 bridgehead atoms. The van der Waals surface area contributed by atoms with Crippen LogP contribution >= 0.6 is 0 Å². The molecule has 0 radical (unpaired) electrons. The third kappa shape index (κ3) is 3.45. The second-order valence-corrected chi connectivity index (χ2v) is 8.16. The summed E-state index contributed by atoms with van der Waals surface area (Å²) in [5, 5.41) is 0. The first-order valence-electron chi connectivity index (χ1n) is 9.47. The molecule has 0 aliphatic carbocycles. The fourth-order valence-corrected chi connectivity index (χ4v) is 3.36. The molecule has 1 aliphatic rings. The lowest BCUT2D eigenvalue weighted by Gasteiger charge is -2.32. The molecule has 0 N–H and O–H groups in total. The summed E-state index contributed by atoms with van der Waals surface area (Å²) in [6.45, 7) is 8.36. The Morgan fingerprint density at radius 3 is 1.37 bits per heavy atom. The Morgan fingerprint density at radius 2 is 0.963 bits per heavy atom. The zero-order valence-electron chi connectivity index (χ0n) is 16.4. The van der Waals surface area contributed by atoms with Crippen molar-refractivity contribution in [3.05, 3.63) is 78.9 Å². The molecular formula is C24H25BO2. The van der Waals surface area contributed by atoms with Crippen LogP contribution in [0.1, 0.15) is 27.7 Å². The highest BCUT2D eigenvalue weighted by molar-refractivity contribution is 6.62. The molecule has 1 saturated heterocycles. The predicted molar refractivity (Wildman–Crippen MR) is 113 cm³/mol. The van der Waals surface area contributed by atoms with Gasteiger partial charge in [0.05, 0.1) is 11.2 Å². The molecule has 3 aromatic carbocycles. The molecule has 0 unspecified atom stereocenters. The van der Waals surface area contributed by atoms with Gasteiger partial charge in [0.2, 0.25) is 0 Å². The van der Waals surface area contributed by atoms with E-state index < -0.39 is 0 Å².